The van der Waals surface area contributed by atoms with Crippen molar-refractivity contribution in [2.24, 2.45) is 4.99 Å². The van der Waals surface area contributed by atoms with Gasteiger partial charge in [-0.2, -0.15) is 4.57 Å². The number of rotatable bonds is 5. The molecule has 4 rings (SSSR count). The van der Waals surface area contributed by atoms with Crippen molar-refractivity contribution < 1.29 is 4.57 Å². The van der Waals surface area contributed by atoms with Crippen LogP contribution in [0.5, 0.6) is 0 Å². The molecule has 0 aliphatic carbocycles. The van der Waals surface area contributed by atoms with Crippen LogP contribution in [0.25, 0.3) is 22.4 Å². The summed E-state index contributed by atoms with van der Waals surface area (Å²) in [5, 5.41) is 0. The number of benzene rings is 2. The van der Waals surface area contributed by atoms with Crippen molar-refractivity contribution >= 4 is 16.2 Å². The SMILES string of the molecule is C=C/C=C/C=NC=C.Cc1cc[n+]2c(c1)-c1ccc(-c3ccccc3S(C)(C)C)cc1C(C)C2C. The summed E-state index contributed by atoms with van der Waals surface area (Å²) in [5.74, 6) is 0.495. The second kappa shape index (κ2) is 11.5. The first-order valence-corrected chi connectivity index (χ1v) is 14.9. The van der Waals surface area contributed by atoms with E-state index in [0.29, 0.717) is 12.0 Å². The Hall–Kier alpha value is -3.17. The van der Waals surface area contributed by atoms with E-state index < -0.39 is 10.0 Å². The molecule has 2 heterocycles. The van der Waals surface area contributed by atoms with Gasteiger partial charge in [0.2, 0.25) is 5.69 Å². The lowest BCUT2D eigenvalue weighted by Crippen LogP contribution is -2.45. The summed E-state index contributed by atoms with van der Waals surface area (Å²) in [6.07, 6.45) is 17.8. The molecule has 35 heavy (non-hydrogen) atoms. The van der Waals surface area contributed by atoms with Crippen molar-refractivity contribution in [3.63, 3.8) is 0 Å². The molecule has 2 atom stereocenters. The lowest BCUT2D eigenvalue weighted by Gasteiger charge is -2.30. The highest BCUT2D eigenvalue weighted by Crippen LogP contribution is 2.50. The number of aromatic nitrogens is 1. The largest absolute Gasteiger partial charge is 0.265 e. The van der Waals surface area contributed by atoms with Crippen LogP contribution in [0, 0.1) is 6.92 Å². The third kappa shape index (κ3) is 6.10. The molecule has 0 amide bonds. The maximum absolute atomic E-state index is 3.71. The predicted molar refractivity (Wildman–Crippen MR) is 157 cm³/mol. The molecule has 1 aromatic heterocycles. The topological polar surface area (TPSA) is 16.2 Å². The lowest BCUT2D eigenvalue weighted by molar-refractivity contribution is -0.714. The van der Waals surface area contributed by atoms with Gasteiger partial charge in [0.25, 0.3) is 0 Å². The first-order valence-electron chi connectivity index (χ1n) is 12.0. The molecule has 0 radical (unpaired) electrons. The van der Waals surface area contributed by atoms with Gasteiger partial charge in [0.05, 0.1) is 0 Å². The molecule has 0 spiro atoms. The van der Waals surface area contributed by atoms with Crippen molar-refractivity contribution in [3.8, 4) is 22.4 Å². The monoisotopic (exact) mass is 483 g/mol. The van der Waals surface area contributed by atoms with E-state index >= 15 is 0 Å². The van der Waals surface area contributed by atoms with Gasteiger partial charge in [0, 0.05) is 36.0 Å². The molecular formula is C32H39N2S+. The number of pyridine rings is 1. The minimum atomic E-state index is -0.786. The zero-order valence-corrected chi connectivity index (χ0v) is 22.8. The maximum atomic E-state index is 3.71. The molecule has 1 aliphatic rings. The fourth-order valence-corrected chi connectivity index (χ4v) is 5.84. The van der Waals surface area contributed by atoms with Gasteiger partial charge in [-0.3, -0.25) is 4.99 Å². The van der Waals surface area contributed by atoms with Crippen LogP contribution >= 0.6 is 10.0 Å². The van der Waals surface area contributed by atoms with Crippen molar-refractivity contribution in [3.05, 3.63) is 110 Å². The Morgan fingerprint density at radius 1 is 0.914 bits per heavy atom. The van der Waals surface area contributed by atoms with E-state index in [-0.39, 0.29) is 0 Å². The first-order chi connectivity index (χ1) is 16.7. The van der Waals surface area contributed by atoms with Gasteiger partial charge in [-0.15, -0.1) is 0 Å². The second-order valence-corrected chi connectivity index (χ2v) is 13.9. The molecule has 0 fully saturated rings. The molecule has 3 heteroatoms. The maximum Gasteiger partial charge on any atom is 0.213 e. The van der Waals surface area contributed by atoms with Gasteiger partial charge in [0.15, 0.2) is 12.2 Å². The number of aryl methyl sites for hydroxylation is 1. The smallest absolute Gasteiger partial charge is 0.213 e. The highest BCUT2D eigenvalue weighted by Gasteiger charge is 2.34. The molecule has 0 saturated heterocycles. The molecule has 0 bridgehead atoms. The van der Waals surface area contributed by atoms with Gasteiger partial charge >= 0.3 is 0 Å². The Morgan fingerprint density at radius 2 is 1.66 bits per heavy atom. The Morgan fingerprint density at radius 3 is 2.34 bits per heavy atom. The summed E-state index contributed by atoms with van der Waals surface area (Å²) in [4.78, 5) is 5.21. The molecular weight excluding hydrogens is 444 g/mol. The Labute approximate surface area is 213 Å². The quantitative estimate of drug-likeness (QED) is 0.197. The third-order valence-corrected chi connectivity index (χ3v) is 8.18. The molecule has 0 saturated carbocycles. The summed E-state index contributed by atoms with van der Waals surface area (Å²) < 4.78 is 2.44. The molecule has 2 aromatic carbocycles. The summed E-state index contributed by atoms with van der Waals surface area (Å²) in [6, 6.07) is 21.1. The van der Waals surface area contributed by atoms with Gasteiger partial charge in [0.1, 0.15) is 0 Å². The first kappa shape index (κ1) is 26.4. The van der Waals surface area contributed by atoms with Gasteiger partial charge in [-0.05, 0) is 84.0 Å². The van der Waals surface area contributed by atoms with E-state index in [0.717, 1.165) is 0 Å². The second-order valence-electron chi connectivity index (χ2n) is 9.76. The molecule has 2 unspecified atom stereocenters. The van der Waals surface area contributed by atoms with Crippen LogP contribution in [0.3, 0.4) is 0 Å². The van der Waals surface area contributed by atoms with Crippen molar-refractivity contribution in [1.29, 1.82) is 0 Å². The van der Waals surface area contributed by atoms with E-state index in [1.165, 1.54) is 44.6 Å². The highest BCUT2D eigenvalue weighted by atomic mass is 32.3. The molecule has 182 valence electrons. The van der Waals surface area contributed by atoms with Crippen LogP contribution < -0.4 is 4.57 Å². The molecule has 1 aliphatic heterocycles. The molecule has 3 aromatic rings. The summed E-state index contributed by atoms with van der Waals surface area (Å²) in [5.41, 5.74) is 8.27. The minimum absolute atomic E-state index is 0.465. The number of nitrogens with zero attached hydrogens (tertiary/aromatic N) is 2. The average Bonchev–Trinajstić information content (AvgIpc) is 2.85. The summed E-state index contributed by atoms with van der Waals surface area (Å²) in [6.45, 7) is 13.8. The van der Waals surface area contributed by atoms with Crippen molar-refractivity contribution in [2.45, 2.75) is 37.6 Å². The number of hydrogen-bond donors (Lipinski definition) is 0. The van der Waals surface area contributed by atoms with Crippen LogP contribution in [-0.4, -0.2) is 25.0 Å². The van der Waals surface area contributed by atoms with E-state index in [1.807, 2.05) is 0 Å². The van der Waals surface area contributed by atoms with E-state index in [9.17, 15) is 0 Å². The summed E-state index contributed by atoms with van der Waals surface area (Å²) in [7, 11) is -0.786. The van der Waals surface area contributed by atoms with Crippen LogP contribution in [0.4, 0.5) is 0 Å². The minimum Gasteiger partial charge on any atom is -0.265 e. The van der Waals surface area contributed by atoms with Crippen LogP contribution in [-0.2, 0) is 0 Å². The van der Waals surface area contributed by atoms with Crippen LogP contribution in [0.15, 0.2) is 108 Å². The zero-order valence-electron chi connectivity index (χ0n) is 22.0. The van der Waals surface area contributed by atoms with Crippen LogP contribution in [0.1, 0.15) is 36.9 Å². The number of aliphatic imine (C=N–C) groups is 1. The van der Waals surface area contributed by atoms with Crippen molar-refractivity contribution in [1.82, 2.24) is 0 Å². The fourth-order valence-electron chi connectivity index (χ4n) is 4.51. The Kier molecular flexibility index (Phi) is 8.69. The van der Waals surface area contributed by atoms with Crippen LogP contribution in [0.2, 0.25) is 0 Å². The third-order valence-electron chi connectivity index (χ3n) is 6.50. The zero-order chi connectivity index (χ0) is 25.6. The van der Waals surface area contributed by atoms with E-state index in [1.54, 1.807) is 24.4 Å². The number of fused-ring (bicyclic) bond motifs is 3. The van der Waals surface area contributed by atoms with Gasteiger partial charge in [-0.25, -0.2) is 10.0 Å². The van der Waals surface area contributed by atoms with E-state index in [4.69, 9.17) is 0 Å². The summed E-state index contributed by atoms with van der Waals surface area (Å²) >= 11 is 0. The fraction of sp³-hybridized carbons (Fsp3) is 0.250. The van der Waals surface area contributed by atoms with Gasteiger partial charge in [-0.1, -0.05) is 56.5 Å². The molecule has 0 N–H and O–H groups in total. The number of hydrogen-bond acceptors (Lipinski definition) is 1. The average molecular weight is 484 g/mol. The number of allylic oxidation sites excluding steroid dienone is 3. The Bertz CT molecular complexity index is 1240. The standard InChI is InChI=1S/C25H30NS.C7H9N/c1-17-13-14-26-19(3)18(2)23-16-20(11-12-22(23)24(26)15-17)21-9-7-8-10-25(21)27(4,5)6;1-3-5-6-7-8-4-2/h7-16,18-19H,1-6H3;3-7H,1-2H2/q+1;/b;6-5+,8-7?. The van der Waals surface area contributed by atoms with Crippen molar-refractivity contribution in [2.75, 3.05) is 18.8 Å². The van der Waals surface area contributed by atoms with Gasteiger partial charge < -0.3 is 0 Å². The lowest BCUT2D eigenvalue weighted by atomic mass is 9.83. The Balaban J connectivity index is 0.000000371. The normalized spacial score (nSPS) is 17.3. The predicted octanol–water partition coefficient (Wildman–Crippen LogP) is 8.29. The van der Waals surface area contributed by atoms with E-state index in [2.05, 4.69) is 123 Å². The molecule has 2 nitrogen and oxygen atoms in total. The highest BCUT2D eigenvalue weighted by molar-refractivity contribution is 8.32.